The van der Waals surface area contributed by atoms with Crippen molar-refractivity contribution in [3.05, 3.63) is 87.2 Å². The average molecular weight is 570 g/mol. The number of rotatable bonds is 7. The molecule has 1 heterocycles. The Morgan fingerprint density at radius 3 is 2.60 bits per heavy atom. The molecule has 0 unspecified atom stereocenters. The summed E-state index contributed by atoms with van der Waals surface area (Å²) in [6, 6.07) is 20.2. The van der Waals surface area contributed by atoms with Gasteiger partial charge in [-0.2, -0.15) is 0 Å². The molecule has 9 heteroatoms. The van der Waals surface area contributed by atoms with Gasteiger partial charge in [-0.15, -0.1) is 0 Å². The van der Waals surface area contributed by atoms with E-state index < -0.39 is 0 Å². The third-order valence-corrected chi connectivity index (χ3v) is 6.86. The second kappa shape index (κ2) is 11.1. The molecular formula is C26H21BrN2O4S2. The Morgan fingerprint density at radius 2 is 1.89 bits per heavy atom. The lowest BCUT2D eigenvalue weighted by Gasteiger charge is -2.14. The first-order valence-electron chi connectivity index (χ1n) is 10.5. The van der Waals surface area contributed by atoms with Crippen molar-refractivity contribution in [1.82, 2.24) is 0 Å². The highest BCUT2D eigenvalue weighted by Crippen LogP contribution is 2.37. The normalized spacial score (nSPS) is 14.4. The van der Waals surface area contributed by atoms with Gasteiger partial charge in [-0.3, -0.25) is 14.5 Å². The quantitative estimate of drug-likeness (QED) is 0.271. The van der Waals surface area contributed by atoms with Gasteiger partial charge in [0.2, 0.25) is 0 Å². The molecule has 35 heavy (non-hydrogen) atoms. The summed E-state index contributed by atoms with van der Waals surface area (Å²) in [6.45, 7) is 1.79. The smallest absolute Gasteiger partial charge is 0.270 e. The van der Waals surface area contributed by atoms with Crippen LogP contribution in [0.5, 0.6) is 11.5 Å². The van der Waals surface area contributed by atoms with Crippen LogP contribution in [0.25, 0.3) is 6.08 Å². The van der Waals surface area contributed by atoms with Crippen molar-refractivity contribution in [2.24, 2.45) is 0 Å². The molecule has 0 aliphatic carbocycles. The van der Waals surface area contributed by atoms with Crippen LogP contribution in [0.1, 0.15) is 11.1 Å². The Hall–Kier alpha value is -3.14. The van der Waals surface area contributed by atoms with Crippen molar-refractivity contribution in [2.45, 2.75) is 6.92 Å². The number of halogens is 1. The molecule has 0 bridgehead atoms. The standard InChI is InChI=1S/C26H21BrN2O4S2/c1-16-4-3-5-20(12-16)29-25(31)23(35-26(29)34)14-17-6-11-21(22(13-17)32-2)33-15-24(30)28-19-9-7-18(27)8-10-19/h3-14H,15H2,1-2H3,(H,28,30)/b23-14-. The number of thiocarbonyl (C=S) groups is 1. The van der Waals surface area contributed by atoms with Crippen molar-refractivity contribution in [3.8, 4) is 11.5 Å². The maximum Gasteiger partial charge on any atom is 0.270 e. The van der Waals surface area contributed by atoms with Gasteiger partial charge in [-0.05, 0) is 72.7 Å². The first kappa shape index (κ1) is 25.0. The van der Waals surface area contributed by atoms with E-state index in [9.17, 15) is 9.59 Å². The van der Waals surface area contributed by atoms with E-state index in [1.54, 1.807) is 36.4 Å². The van der Waals surface area contributed by atoms with E-state index in [1.807, 2.05) is 43.3 Å². The van der Waals surface area contributed by atoms with E-state index in [1.165, 1.54) is 23.8 Å². The number of benzene rings is 3. The van der Waals surface area contributed by atoms with Crippen LogP contribution in [-0.2, 0) is 9.59 Å². The Morgan fingerprint density at radius 1 is 1.11 bits per heavy atom. The third-order valence-electron chi connectivity index (χ3n) is 5.03. The number of methoxy groups -OCH3 is 1. The number of carbonyl (C=O) groups excluding carboxylic acids is 2. The number of amides is 2. The lowest BCUT2D eigenvalue weighted by Crippen LogP contribution is -2.27. The molecule has 1 saturated heterocycles. The molecular weight excluding hydrogens is 548 g/mol. The minimum atomic E-state index is -0.293. The topological polar surface area (TPSA) is 67.9 Å². The molecule has 178 valence electrons. The van der Waals surface area contributed by atoms with Gasteiger partial charge in [-0.1, -0.05) is 58.1 Å². The van der Waals surface area contributed by atoms with Gasteiger partial charge in [0.25, 0.3) is 11.8 Å². The number of anilines is 2. The summed E-state index contributed by atoms with van der Waals surface area (Å²) in [5.41, 5.74) is 3.22. The van der Waals surface area contributed by atoms with Crippen LogP contribution >= 0.6 is 39.9 Å². The molecule has 0 spiro atoms. The van der Waals surface area contributed by atoms with Gasteiger partial charge in [-0.25, -0.2) is 0 Å². The van der Waals surface area contributed by atoms with Crippen molar-refractivity contribution in [1.29, 1.82) is 0 Å². The second-order valence-corrected chi connectivity index (χ2v) is 10.2. The molecule has 3 aromatic carbocycles. The number of aryl methyl sites for hydroxylation is 1. The summed E-state index contributed by atoms with van der Waals surface area (Å²) in [5, 5.41) is 2.77. The minimum absolute atomic E-state index is 0.172. The van der Waals surface area contributed by atoms with E-state index in [4.69, 9.17) is 21.7 Å². The van der Waals surface area contributed by atoms with Gasteiger partial charge in [0.1, 0.15) is 0 Å². The molecule has 0 radical (unpaired) electrons. The van der Waals surface area contributed by atoms with Crippen molar-refractivity contribution in [3.63, 3.8) is 0 Å². The van der Waals surface area contributed by atoms with Crippen LogP contribution in [0.2, 0.25) is 0 Å². The fourth-order valence-electron chi connectivity index (χ4n) is 3.38. The Bertz CT molecular complexity index is 1330. The van der Waals surface area contributed by atoms with E-state index in [2.05, 4.69) is 21.2 Å². The monoisotopic (exact) mass is 568 g/mol. The predicted octanol–water partition coefficient (Wildman–Crippen LogP) is 6.19. The SMILES string of the molecule is COc1cc(/C=C2\SC(=S)N(c3cccc(C)c3)C2=O)ccc1OCC(=O)Nc1ccc(Br)cc1. The summed E-state index contributed by atoms with van der Waals surface area (Å²) >= 11 is 10.1. The zero-order valence-electron chi connectivity index (χ0n) is 18.9. The maximum absolute atomic E-state index is 13.0. The summed E-state index contributed by atoms with van der Waals surface area (Å²) in [5.74, 6) is 0.403. The van der Waals surface area contributed by atoms with Crippen LogP contribution in [0, 0.1) is 6.92 Å². The van der Waals surface area contributed by atoms with Gasteiger partial charge in [0.15, 0.2) is 22.4 Å². The highest BCUT2D eigenvalue weighted by Gasteiger charge is 2.33. The number of nitrogens with one attached hydrogen (secondary N) is 1. The zero-order valence-corrected chi connectivity index (χ0v) is 22.1. The van der Waals surface area contributed by atoms with E-state index in [-0.39, 0.29) is 18.4 Å². The van der Waals surface area contributed by atoms with Crippen LogP contribution < -0.4 is 19.7 Å². The fourth-order valence-corrected chi connectivity index (χ4v) is 4.94. The first-order chi connectivity index (χ1) is 16.8. The Labute approximate surface area is 221 Å². The molecule has 0 atom stereocenters. The fraction of sp³-hybridized carbons (Fsp3) is 0.115. The van der Waals surface area contributed by atoms with Gasteiger partial charge in [0.05, 0.1) is 17.7 Å². The van der Waals surface area contributed by atoms with E-state index in [0.717, 1.165) is 21.3 Å². The maximum atomic E-state index is 13.0. The summed E-state index contributed by atoms with van der Waals surface area (Å²) in [4.78, 5) is 27.3. The molecule has 1 aliphatic heterocycles. The molecule has 1 fully saturated rings. The summed E-state index contributed by atoms with van der Waals surface area (Å²) in [6.07, 6.45) is 1.77. The number of ether oxygens (including phenoxy) is 2. The van der Waals surface area contributed by atoms with Crippen LogP contribution in [-0.4, -0.2) is 29.9 Å². The summed E-state index contributed by atoms with van der Waals surface area (Å²) in [7, 11) is 1.52. The van der Waals surface area contributed by atoms with Crippen LogP contribution in [0.4, 0.5) is 11.4 Å². The molecule has 4 rings (SSSR count). The largest absolute Gasteiger partial charge is 0.493 e. The lowest BCUT2D eigenvalue weighted by molar-refractivity contribution is -0.118. The van der Waals surface area contributed by atoms with E-state index >= 15 is 0 Å². The van der Waals surface area contributed by atoms with Crippen LogP contribution in [0.3, 0.4) is 0 Å². The van der Waals surface area contributed by atoms with Gasteiger partial charge >= 0.3 is 0 Å². The van der Waals surface area contributed by atoms with Crippen LogP contribution in [0.15, 0.2) is 76.1 Å². The summed E-state index contributed by atoms with van der Waals surface area (Å²) < 4.78 is 12.5. The third kappa shape index (κ3) is 6.11. The number of hydrogen-bond acceptors (Lipinski definition) is 6. The molecule has 3 aromatic rings. The number of hydrogen-bond donors (Lipinski definition) is 1. The first-order valence-corrected chi connectivity index (χ1v) is 12.6. The molecule has 2 amide bonds. The average Bonchev–Trinajstić information content (AvgIpc) is 3.12. The van der Waals surface area contributed by atoms with E-state index in [0.29, 0.717) is 26.4 Å². The lowest BCUT2D eigenvalue weighted by atomic mass is 10.1. The van der Waals surface area contributed by atoms with Gasteiger partial charge in [0, 0.05) is 10.2 Å². The number of carbonyl (C=O) groups is 2. The number of thioether (sulfide) groups is 1. The minimum Gasteiger partial charge on any atom is -0.493 e. The molecule has 1 aliphatic rings. The number of nitrogens with zero attached hydrogens (tertiary/aromatic N) is 1. The highest BCUT2D eigenvalue weighted by atomic mass is 79.9. The molecule has 0 saturated carbocycles. The molecule has 0 aromatic heterocycles. The zero-order chi connectivity index (χ0) is 24.9. The predicted molar refractivity (Wildman–Crippen MR) is 148 cm³/mol. The van der Waals surface area contributed by atoms with Crippen molar-refractivity contribution < 1.29 is 19.1 Å². The van der Waals surface area contributed by atoms with Crippen molar-refractivity contribution in [2.75, 3.05) is 23.9 Å². The molecule has 6 nitrogen and oxygen atoms in total. The van der Waals surface area contributed by atoms with Crippen molar-refractivity contribution >= 4 is 73.5 Å². The Balaban J connectivity index is 1.45. The Kier molecular flexibility index (Phi) is 7.90. The van der Waals surface area contributed by atoms with Gasteiger partial charge < -0.3 is 14.8 Å². The highest BCUT2D eigenvalue weighted by molar-refractivity contribution is 9.10. The molecule has 1 N–H and O–H groups in total. The second-order valence-electron chi connectivity index (χ2n) is 7.61.